The average Bonchev–Trinajstić information content (AvgIpc) is 2.54. The van der Waals surface area contributed by atoms with Crippen LogP contribution in [0, 0.1) is 24.0 Å². The molecule has 0 fully saturated rings. The van der Waals surface area contributed by atoms with Crippen LogP contribution in [0.3, 0.4) is 0 Å². The number of aryl methyl sites for hydroxylation is 2. The maximum absolute atomic E-state index is 11.2. The van der Waals surface area contributed by atoms with Crippen molar-refractivity contribution in [1.29, 1.82) is 0 Å². The molecule has 0 radical (unpaired) electrons. The minimum Gasteiger partial charge on any atom is -0.497 e. The predicted octanol–water partition coefficient (Wildman–Crippen LogP) is 6.21. The zero-order valence-electron chi connectivity index (χ0n) is 14.1. The number of pyridine rings is 1. The van der Waals surface area contributed by atoms with Gasteiger partial charge in [0.05, 0.1) is 16.9 Å². The molecule has 1 aromatic carbocycles. The van der Waals surface area contributed by atoms with Gasteiger partial charge in [-0.25, -0.2) is 0 Å². The third-order valence-electron chi connectivity index (χ3n) is 3.00. The van der Waals surface area contributed by atoms with E-state index >= 15 is 0 Å². The van der Waals surface area contributed by atoms with E-state index in [4.69, 9.17) is 4.74 Å². The molecule has 5 nitrogen and oxygen atoms in total. The lowest BCUT2D eigenvalue weighted by Crippen LogP contribution is -1.98. The Morgan fingerprint density at radius 2 is 1.72 bits per heavy atom. The lowest BCUT2D eigenvalue weighted by Gasteiger charge is -2.07. The summed E-state index contributed by atoms with van der Waals surface area (Å²) in [4.78, 5) is 15.6. The molecule has 0 saturated carbocycles. The fraction of sp³-hybridized carbons (Fsp3) is 0.421. The SMILES string of the molecule is C.C.CC.COc1ccc(CSc2cc(C)nc(C)c2[N+](=O)[O-])cc1. The molecule has 0 aliphatic rings. The first-order valence-corrected chi connectivity index (χ1v) is 8.38. The van der Waals surface area contributed by atoms with Gasteiger partial charge < -0.3 is 4.74 Å². The van der Waals surface area contributed by atoms with Crippen LogP contribution in [0.2, 0.25) is 0 Å². The van der Waals surface area contributed by atoms with Crippen LogP contribution in [0.4, 0.5) is 5.69 Å². The van der Waals surface area contributed by atoms with Crippen molar-refractivity contribution in [2.75, 3.05) is 7.11 Å². The van der Waals surface area contributed by atoms with Gasteiger partial charge in [-0.15, -0.1) is 11.8 Å². The smallest absolute Gasteiger partial charge is 0.303 e. The lowest BCUT2D eigenvalue weighted by molar-refractivity contribution is -0.388. The summed E-state index contributed by atoms with van der Waals surface area (Å²) in [6.45, 7) is 7.51. The van der Waals surface area contributed by atoms with Gasteiger partial charge in [0.15, 0.2) is 0 Å². The number of rotatable bonds is 5. The summed E-state index contributed by atoms with van der Waals surface area (Å²) in [6.07, 6.45) is 0. The third kappa shape index (κ3) is 7.13. The summed E-state index contributed by atoms with van der Waals surface area (Å²) in [5.41, 5.74) is 2.42. The predicted molar refractivity (Wildman–Crippen MR) is 108 cm³/mol. The molecule has 2 aromatic rings. The summed E-state index contributed by atoms with van der Waals surface area (Å²) >= 11 is 1.45. The van der Waals surface area contributed by atoms with Crippen LogP contribution in [-0.4, -0.2) is 17.0 Å². The standard InChI is InChI=1S/C15H16N2O3S.C2H6.2CH4/c1-10-8-14(15(17(18)19)11(2)16-10)21-9-12-4-6-13(20-3)7-5-12;1-2;;/h4-8H,9H2,1-3H3;1-2H3;2*1H4. The van der Waals surface area contributed by atoms with E-state index in [1.54, 1.807) is 20.1 Å². The van der Waals surface area contributed by atoms with Crippen molar-refractivity contribution in [3.05, 3.63) is 57.4 Å². The van der Waals surface area contributed by atoms with Gasteiger partial charge >= 0.3 is 5.69 Å². The second-order valence-corrected chi connectivity index (χ2v) is 5.61. The number of thioether (sulfide) groups is 1. The fourth-order valence-corrected chi connectivity index (χ4v) is 3.13. The lowest BCUT2D eigenvalue weighted by atomic mass is 10.2. The zero-order valence-corrected chi connectivity index (χ0v) is 14.9. The van der Waals surface area contributed by atoms with Crippen molar-refractivity contribution < 1.29 is 9.66 Å². The molecule has 0 unspecified atom stereocenters. The number of benzene rings is 1. The second-order valence-electron chi connectivity index (χ2n) is 4.59. The van der Waals surface area contributed by atoms with Gasteiger partial charge in [-0.2, -0.15) is 0 Å². The quantitative estimate of drug-likeness (QED) is 0.358. The van der Waals surface area contributed by atoms with Crippen LogP contribution in [0.5, 0.6) is 5.75 Å². The maximum Gasteiger partial charge on any atom is 0.303 e. The van der Waals surface area contributed by atoms with Gasteiger partial charge in [0.25, 0.3) is 0 Å². The van der Waals surface area contributed by atoms with Crippen LogP contribution in [0.1, 0.15) is 45.7 Å². The Labute approximate surface area is 156 Å². The molecule has 0 atom stereocenters. The highest BCUT2D eigenvalue weighted by Crippen LogP contribution is 2.34. The first-order chi connectivity index (χ1) is 11.0. The Morgan fingerprint density at radius 1 is 1.16 bits per heavy atom. The Balaban J connectivity index is 0. The molecule has 0 amide bonds. The van der Waals surface area contributed by atoms with Crippen LogP contribution in [0.25, 0.3) is 0 Å². The van der Waals surface area contributed by atoms with E-state index in [1.165, 1.54) is 11.8 Å². The van der Waals surface area contributed by atoms with E-state index in [9.17, 15) is 10.1 Å². The average molecular weight is 367 g/mol. The molecule has 1 aromatic heterocycles. The minimum atomic E-state index is -0.363. The van der Waals surface area contributed by atoms with Gasteiger partial charge in [-0.1, -0.05) is 40.8 Å². The molecule has 1 heterocycles. The second kappa shape index (κ2) is 12.3. The largest absolute Gasteiger partial charge is 0.497 e. The van der Waals surface area contributed by atoms with Gasteiger partial charge in [-0.3, -0.25) is 15.1 Å². The van der Waals surface area contributed by atoms with Crippen LogP contribution < -0.4 is 4.74 Å². The van der Waals surface area contributed by atoms with Gasteiger partial charge in [0, 0.05) is 11.4 Å². The first-order valence-electron chi connectivity index (χ1n) is 7.39. The van der Waals surface area contributed by atoms with E-state index in [1.807, 2.05) is 45.0 Å². The van der Waals surface area contributed by atoms with Gasteiger partial charge in [-0.05, 0) is 37.6 Å². The van der Waals surface area contributed by atoms with E-state index < -0.39 is 0 Å². The fourth-order valence-electron chi connectivity index (χ4n) is 2.00. The minimum absolute atomic E-state index is 0. The number of aromatic nitrogens is 1. The van der Waals surface area contributed by atoms with Crippen molar-refractivity contribution in [3.63, 3.8) is 0 Å². The van der Waals surface area contributed by atoms with E-state index in [0.717, 1.165) is 17.0 Å². The molecule has 6 heteroatoms. The molecule has 140 valence electrons. The van der Waals surface area contributed by atoms with Crippen LogP contribution in [-0.2, 0) is 5.75 Å². The summed E-state index contributed by atoms with van der Waals surface area (Å²) in [6, 6.07) is 9.44. The molecular weight excluding hydrogens is 336 g/mol. The molecule has 2 rings (SSSR count). The Morgan fingerprint density at radius 3 is 2.20 bits per heavy atom. The number of nitro groups is 1. The molecule has 0 saturated heterocycles. The summed E-state index contributed by atoms with van der Waals surface area (Å²) in [7, 11) is 1.62. The number of ether oxygens (including phenoxy) is 1. The summed E-state index contributed by atoms with van der Waals surface area (Å²) in [5, 5.41) is 11.2. The highest BCUT2D eigenvalue weighted by molar-refractivity contribution is 7.98. The van der Waals surface area contributed by atoms with E-state index in [-0.39, 0.29) is 25.5 Å². The Hall–Kier alpha value is -2.08. The van der Waals surface area contributed by atoms with Crippen molar-refractivity contribution in [1.82, 2.24) is 4.98 Å². The van der Waals surface area contributed by atoms with Crippen molar-refractivity contribution in [2.24, 2.45) is 0 Å². The van der Waals surface area contributed by atoms with Crippen LogP contribution in [0.15, 0.2) is 35.2 Å². The Bertz CT molecular complexity index is 658. The molecule has 0 N–H and O–H groups in total. The number of hydrogen-bond acceptors (Lipinski definition) is 5. The molecule has 25 heavy (non-hydrogen) atoms. The third-order valence-corrected chi connectivity index (χ3v) is 4.10. The van der Waals surface area contributed by atoms with Crippen LogP contribution >= 0.6 is 11.8 Å². The normalized spacial score (nSPS) is 9.00. The molecule has 0 bridgehead atoms. The summed E-state index contributed by atoms with van der Waals surface area (Å²) < 4.78 is 5.11. The van der Waals surface area contributed by atoms with Crippen molar-refractivity contribution in [3.8, 4) is 5.75 Å². The first kappa shape index (κ1) is 25.2. The molecular formula is C19H30N2O3S. The summed E-state index contributed by atoms with van der Waals surface area (Å²) in [5.74, 6) is 1.46. The van der Waals surface area contributed by atoms with E-state index in [2.05, 4.69) is 4.98 Å². The highest BCUT2D eigenvalue weighted by Gasteiger charge is 2.19. The van der Waals surface area contributed by atoms with E-state index in [0.29, 0.717) is 16.3 Å². The monoisotopic (exact) mass is 366 g/mol. The maximum atomic E-state index is 11.2. The topological polar surface area (TPSA) is 65.3 Å². The number of methoxy groups -OCH3 is 1. The molecule has 0 spiro atoms. The number of hydrogen-bond donors (Lipinski definition) is 0. The number of nitrogens with zero attached hydrogens (tertiary/aromatic N) is 2. The van der Waals surface area contributed by atoms with Crippen molar-refractivity contribution in [2.45, 2.75) is 53.2 Å². The van der Waals surface area contributed by atoms with Gasteiger partial charge in [0.1, 0.15) is 11.4 Å². The highest BCUT2D eigenvalue weighted by atomic mass is 32.2. The Kier molecular flexibility index (Phi) is 12.4. The molecule has 0 aliphatic carbocycles. The van der Waals surface area contributed by atoms with Gasteiger partial charge in [0.2, 0.25) is 0 Å². The molecule has 0 aliphatic heterocycles. The van der Waals surface area contributed by atoms with Crippen molar-refractivity contribution >= 4 is 17.4 Å². The zero-order chi connectivity index (χ0) is 17.4.